The van der Waals surface area contributed by atoms with Gasteiger partial charge in [-0.3, -0.25) is 9.59 Å². The first-order valence-corrected chi connectivity index (χ1v) is 8.86. The molecule has 27 heavy (non-hydrogen) atoms. The Hall–Kier alpha value is -3.00. The molecule has 0 spiro atoms. The van der Waals surface area contributed by atoms with Gasteiger partial charge in [-0.25, -0.2) is 9.48 Å². The summed E-state index contributed by atoms with van der Waals surface area (Å²) in [6, 6.07) is 12.9. The van der Waals surface area contributed by atoms with Crippen molar-refractivity contribution >= 4 is 38.6 Å². The molecule has 0 saturated heterocycles. The van der Waals surface area contributed by atoms with Crippen LogP contribution in [0.1, 0.15) is 11.6 Å². The second-order valence-electron chi connectivity index (χ2n) is 5.77. The third-order valence-electron chi connectivity index (χ3n) is 4.00. The average molecular weight is 430 g/mol. The fourth-order valence-corrected chi connectivity index (χ4v) is 2.90. The molecule has 1 unspecified atom stereocenters. The first kappa shape index (κ1) is 18.8. The summed E-state index contributed by atoms with van der Waals surface area (Å²) in [5, 5.41) is 7.79. The summed E-state index contributed by atoms with van der Waals surface area (Å²) in [5.74, 6) is -1.14. The first-order valence-electron chi connectivity index (χ1n) is 8.07. The maximum atomic E-state index is 12.5. The minimum Gasteiger partial charge on any atom is -0.467 e. The van der Waals surface area contributed by atoms with Crippen molar-refractivity contribution in [1.29, 1.82) is 0 Å². The van der Waals surface area contributed by atoms with Crippen LogP contribution >= 0.6 is 15.9 Å². The molecule has 2 aromatic carbocycles. The van der Waals surface area contributed by atoms with E-state index >= 15 is 0 Å². The van der Waals surface area contributed by atoms with Crippen molar-refractivity contribution in [2.24, 2.45) is 0 Å². The summed E-state index contributed by atoms with van der Waals surface area (Å²) in [6.07, 6.45) is 1.52. The number of nitrogens with zero attached hydrogens (tertiary/aromatic N) is 2. The second kappa shape index (κ2) is 8.13. The molecule has 1 aromatic heterocycles. The van der Waals surface area contributed by atoms with Crippen LogP contribution in [0.2, 0.25) is 0 Å². The molecule has 8 heteroatoms. The van der Waals surface area contributed by atoms with Gasteiger partial charge in [0, 0.05) is 9.86 Å². The number of halogens is 1. The Kier molecular flexibility index (Phi) is 5.66. The van der Waals surface area contributed by atoms with Crippen LogP contribution in [0.4, 0.5) is 0 Å². The number of amides is 1. The van der Waals surface area contributed by atoms with Crippen LogP contribution in [0.15, 0.2) is 64.0 Å². The minimum atomic E-state index is -0.980. The fraction of sp³-hybridized carbons (Fsp3) is 0.158. The SMILES string of the molecule is COC(=O)C(NC(=O)Cn1ncc2ccccc2c1=O)c1ccc(Br)cc1. The normalized spacial score (nSPS) is 11.8. The van der Waals surface area contributed by atoms with Gasteiger partial charge in [0.15, 0.2) is 6.04 Å². The van der Waals surface area contributed by atoms with Crippen molar-refractivity contribution < 1.29 is 14.3 Å². The van der Waals surface area contributed by atoms with Crippen molar-refractivity contribution in [1.82, 2.24) is 15.1 Å². The van der Waals surface area contributed by atoms with E-state index in [1.807, 2.05) is 0 Å². The second-order valence-corrected chi connectivity index (χ2v) is 6.69. The molecule has 3 aromatic rings. The number of hydrogen-bond acceptors (Lipinski definition) is 5. The lowest BCUT2D eigenvalue weighted by molar-refractivity contribution is -0.145. The van der Waals surface area contributed by atoms with Crippen molar-refractivity contribution in [3.8, 4) is 0 Å². The number of rotatable bonds is 5. The molecule has 7 nitrogen and oxygen atoms in total. The molecule has 0 saturated carbocycles. The standard InChI is InChI=1S/C19H16BrN3O4/c1-27-19(26)17(12-6-8-14(20)9-7-12)22-16(24)11-23-18(25)15-5-3-2-4-13(15)10-21-23/h2-10,17H,11H2,1H3,(H,22,24). The van der Waals surface area contributed by atoms with Crippen LogP contribution in [-0.4, -0.2) is 28.8 Å². The Morgan fingerprint density at radius 2 is 1.89 bits per heavy atom. The highest BCUT2D eigenvalue weighted by Gasteiger charge is 2.24. The number of fused-ring (bicyclic) bond motifs is 1. The summed E-state index contributed by atoms with van der Waals surface area (Å²) < 4.78 is 6.68. The van der Waals surface area contributed by atoms with Crippen LogP contribution in [0.25, 0.3) is 10.8 Å². The van der Waals surface area contributed by atoms with E-state index in [9.17, 15) is 14.4 Å². The number of aromatic nitrogens is 2. The molecule has 3 rings (SSSR count). The van der Waals surface area contributed by atoms with Gasteiger partial charge in [0.05, 0.1) is 18.7 Å². The number of methoxy groups -OCH3 is 1. The highest BCUT2D eigenvalue weighted by Crippen LogP contribution is 2.18. The number of nitrogens with one attached hydrogen (secondary N) is 1. The molecule has 1 amide bonds. The quantitative estimate of drug-likeness (QED) is 0.627. The maximum Gasteiger partial charge on any atom is 0.333 e. The van der Waals surface area contributed by atoms with Gasteiger partial charge in [-0.1, -0.05) is 46.3 Å². The summed E-state index contributed by atoms with van der Waals surface area (Å²) in [5.41, 5.74) is 0.193. The van der Waals surface area contributed by atoms with Crippen molar-refractivity contribution in [2.45, 2.75) is 12.6 Å². The van der Waals surface area contributed by atoms with E-state index in [-0.39, 0.29) is 12.1 Å². The molecular formula is C19H16BrN3O4. The number of carbonyl (C=O) groups excluding carboxylic acids is 2. The highest BCUT2D eigenvalue weighted by molar-refractivity contribution is 9.10. The summed E-state index contributed by atoms with van der Waals surface area (Å²) in [6.45, 7) is -0.312. The van der Waals surface area contributed by atoms with Crippen LogP contribution < -0.4 is 10.9 Å². The van der Waals surface area contributed by atoms with E-state index in [1.165, 1.54) is 13.3 Å². The number of benzene rings is 2. The summed E-state index contributed by atoms with van der Waals surface area (Å²) >= 11 is 3.32. The number of esters is 1. The Morgan fingerprint density at radius 3 is 2.59 bits per heavy atom. The molecule has 138 valence electrons. The van der Waals surface area contributed by atoms with E-state index < -0.39 is 17.9 Å². The molecule has 0 bridgehead atoms. The fourth-order valence-electron chi connectivity index (χ4n) is 2.63. The number of ether oxygens (including phenoxy) is 1. The smallest absolute Gasteiger partial charge is 0.333 e. The topological polar surface area (TPSA) is 90.3 Å². The van der Waals surface area contributed by atoms with Gasteiger partial charge in [0.1, 0.15) is 6.54 Å². The first-order chi connectivity index (χ1) is 13.0. The van der Waals surface area contributed by atoms with Crippen molar-refractivity contribution in [3.05, 3.63) is 75.1 Å². The van der Waals surface area contributed by atoms with Crippen LogP contribution in [0, 0.1) is 0 Å². The highest BCUT2D eigenvalue weighted by atomic mass is 79.9. The predicted molar refractivity (Wildman–Crippen MR) is 103 cm³/mol. The van der Waals surface area contributed by atoms with E-state index in [1.54, 1.807) is 48.5 Å². The van der Waals surface area contributed by atoms with E-state index in [2.05, 4.69) is 26.3 Å². The average Bonchev–Trinajstić information content (AvgIpc) is 2.69. The number of hydrogen-bond donors (Lipinski definition) is 1. The van der Waals surface area contributed by atoms with Crippen molar-refractivity contribution in [2.75, 3.05) is 7.11 Å². The summed E-state index contributed by atoms with van der Waals surface area (Å²) in [7, 11) is 1.25. The largest absolute Gasteiger partial charge is 0.467 e. The third-order valence-corrected chi connectivity index (χ3v) is 4.53. The molecule has 0 aliphatic heterocycles. The molecule has 1 N–H and O–H groups in total. The van der Waals surface area contributed by atoms with Crippen LogP contribution in [-0.2, 0) is 20.9 Å². The Labute approximate surface area is 163 Å². The zero-order valence-corrected chi connectivity index (χ0v) is 16.0. The molecule has 0 aliphatic rings. The molecule has 0 radical (unpaired) electrons. The minimum absolute atomic E-state index is 0.312. The predicted octanol–water partition coefficient (Wildman–Crippen LogP) is 2.19. The van der Waals surface area contributed by atoms with E-state index in [4.69, 9.17) is 4.74 Å². The molecule has 0 fully saturated rings. The molecule has 0 aliphatic carbocycles. The lowest BCUT2D eigenvalue weighted by Crippen LogP contribution is -2.39. The van der Waals surface area contributed by atoms with E-state index in [0.29, 0.717) is 16.3 Å². The zero-order valence-electron chi connectivity index (χ0n) is 14.4. The van der Waals surface area contributed by atoms with Crippen LogP contribution in [0.5, 0.6) is 0 Å². The molecule has 1 atom stereocenters. The molecule has 1 heterocycles. The van der Waals surface area contributed by atoms with Gasteiger partial charge in [-0.05, 0) is 23.8 Å². The van der Waals surface area contributed by atoms with Crippen molar-refractivity contribution in [3.63, 3.8) is 0 Å². The zero-order chi connectivity index (χ0) is 19.4. The van der Waals surface area contributed by atoms with Gasteiger partial charge in [-0.15, -0.1) is 0 Å². The number of carbonyl (C=O) groups is 2. The Morgan fingerprint density at radius 1 is 1.19 bits per heavy atom. The maximum absolute atomic E-state index is 12.5. The van der Waals surface area contributed by atoms with Gasteiger partial charge in [0.2, 0.25) is 5.91 Å². The van der Waals surface area contributed by atoms with Gasteiger partial charge in [-0.2, -0.15) is 5.10 Å². The van der Waals surface area contributed by atoms with Gasteiger partial charge >= 0.3 is 5.97 Å². The van der Waals surface area contributed by atoms with E-state index in [0.717, 1.165) is 9.15 Å². The van der Waals surface area contributed by atoms with Gasteiger partial charge in [0.25, 0.3) is 5.56 Å². The monoisotopic (exact) mass is 429 g/mol. The lowest BCUT2D eigenvalue weighted by Gasteiger charge is -2.17. The van der Waals surface area contributed by atoms with Crippen LogP contribution in [0.3, 0.4) is 0 Å². The van der Waals surface area contributed by atoms with Gasteiger partial charge < -0.3 is 10.1 Å². The lowest BCUT2D eigenvalue weighted by atomic mass is 10.1. The Bertz CT molecular complexity index is 1050. The summed E-state index contributed by atoms with van der Waals surface area (Å²) in [4.78, 5) is 37.0. The third kappa shape index (κ3) is 4.22. The Balaban J connectivity index is 1.82. The molecular weight excluding hydrogens is 414 g/mol.